The number of amides is 5. The van der Waals surface area contributed by atoms with Gasteiger partial charge in [-0.1, -0.05) is 55.7 Å². The summed E-state index contributed by atoms with van der Waals surface area (Å²) < 4.78 is 5.81. The van der Waals surface area contributed by atoms with Gasteiger partial charge in [0.2, 0.25) is 29.5 Å². The number of para-hydroxylation sites is 1. The number of rotatable bonds is 21. The molecule has 5 amide bonds. The van der Waals surface area contributed by atoms with E-state index in [4.69, 9.17) is 10.2 Å². The summed E-state index contributed by atoms with van der Waals surface area (Å²) in [4.78, 5) is 81.9. The Morgan fingerprint density at radius 1 is 0.949 bits per heavy atom. The summed E-state index contributed by atoms with van der Waals surface area (Å²) in [5, 5.41) is 26.6. The number of carbonyl (C=O) groups is 6. The van der Waals surface area contributed by atoms with E-state index in [0.29, 0.717) is 74.5 Å². The molecule has 2 aromatic carbocycles. The summed E-state index contributed by atoms with van der Waals surface area (Å²) in [5.41, 5.74) is 9.20. The summed E-state index contributed by atoms with van der Waals surface area (Å²) in [6.45, 7) is 2.89. The zero-order valence-electron chi connectivity index (χ0n) is 33.3. The number of primary amides is 1. The Hall–Kier alpha value is -6.45. The van der Waals surface area contributed by atoms with Crippen molar-refractivity contribution in [2.24, 2.45) is 5.73 Å². The molecule has 2 heterocycles. The molecular formula is C43H54N8O8. The number of hydrogen-bond acceptors (Lipinski definition) is 10. The van der Waals surface area contributed by atoms with E-state index < -0.39 is 47.2 Å². The highest BCUT2D eigenvalue weighted by Gasteiger charge is 2.41. The number of anilines is 2. The molecule has 0 unspecified atom stereocenters. The number of aliphatic carboxylic acids is 1. The number of nitrogens with two attached hydrogens (primary N) is 1. The smallest absolute Gasteiger partial charge is 0.303 e. The molecule has 1 aliphatic carbocycles. The molecule has 314 valence electrons. The molecule has 16 nitrogen and oxygen atoms in total. The number of hydrogen-bond donors (Lipinski definition) is 8. The molecule has 9 N–H and O–H groups in total. The molecule has 1 saturated carbocycles. The summed E-state index contributed by atoms with van der Waals surface area (Å²) in [5.74, 6) is -3.73. The van der Waals surface area contributed by atoms with Crippen LogP contribution in [0.15, 0.2) is 83.0 Å². The molecule has 1 fully saturated rings. The minimum Gasteiger partial charge on any atom is -0.481 e. The van der Waals surface area contributed by atoms with E-state index in [1.807, 2.05) is 43.5 Å². The van der Waals surface area contributed by atoms with E-state index in [9.17, 15) is 33.9 Å². The maximum Gasteiger partial charge on any atom is 0.303 e. The Morgan fingerprint density at radius 2 is 1.69 bits per heavy atom. The second-order valence-corrected chi connectivity index (χ2v) is 15.0. The molecule has 16 heteroatoms. The lowest BCUT2D eigenvalue weighted by molar-refractivity contribution is -0.138. The summed E-state index contributed by atoms with van der Waals surface area (Å²) >= 11 is 0. The molecule has 0 saturated heterocycles. The van der Waals surface area contributed by atoms with Crippen LogP contribution in [0.4, 0.5) is 11.7 Å². The van der Waals surface area contributed by atoms with E-state index in [0.717, 1.165) is 23.1 Å². The van der Waals surface area contributed by atoms with Gasteiger partial charge in [0.25, 0.3) is 6.01 Å². The predicted octanol–water partition coefficient (Wildman–Crippen LogP) is 3.84. The van der Waals surface area contributed by atoms with Crippen LogP contribution in [-0.2, 0) is 35.2 Å². The number of allylic oxidation sites excluding steroid dienone is 2. The molecular weight excluding hydrogens is 757 g/mol. The first-order valence-electron chi connectivity index (χ1n) is 20.1. The van der Waals surface area contributed by atoms with Crippen LogP contribution >= 0.6 is 0 Å². The van der Waals surface area contributed by atoms with Crippen molar-refractivity contribution in [3.05, 3.63) is 89.7 Å². The van der Waals surface area contributed by atoms with Gasteiger partial charge in [-0.25, -0.2) is 0 Å². The van der Waals surface area contributed by atoms with Crippen LogP contribution in [0.3, 0.4) is 0 Å². The van der Waals surface area contributed by atoms with Crippen molar-refractivity contribution in [2.45, 2.75) is 102 Å². The third-order valence-electron chi connectivity index (χ3n) is 10.4. The van der Waals surface area contributed by atoms with E-state index >= 15 is 0 Å². The number of fused-ring (bicyclic) bond motifs is 1. The minimum atomic E-state index is -1.27. The van der Waals surface area contributed by atoms with Crippen LogP contribution in [-0.4, -0.2) is 76.3 Å². The van der Waals surface area contributed by atoms with E-state index in [1.54, 1.807) is 30.3 Å². The molecule has 0 spiro atoms. The summed E-state index contributed by atoms with van der Waals surface area (Å²) in [6, 6.07) is 10.8. The average molecular weight is 811 g/mol. The highest BCUT2D eigenvalue weighted by Crippen LogP contribution is 2.28. The lowest BCUT2D eigenvalue weighted by Gasteiger charge is -2.36. The number of nitrogens with one attached hydrogen (secondary N) is 6. The maximum atomic E-state index is 13.9. The zero-order valence-corrected chi connectivity index (χ0v) is 33.3. The second kappa shape index (κ2) is 21.3. The molecule has 3 aromatic rings. The fourth-order valence-electron chi connectivity index (χ4n) is 7.10. The first kappa shape index (κ1) is 43.7. The van der Waals surface area contributed by atoms with Gasteiger partial charge in [-0.15, -0.1) is 0 Å². The number of carboxylic acid groups (broad SMARTS) is 1. The predicted molar refractivity (Wildman–Crippen MR) is 222 cm³/mol. The van der Waals surface area contributed by atoms with E-state index in [1.165, 1.54) is 6.08 Å². The topological polar surface area (TPSA) is 247 Å². The number of benzene rings is 2. The van der Waals surface area contributed by atoms with Crippen LogP contribution in [0, 0.1) is 6.92 Å². The first-order chi connectivity index (χ1) is 28.4. The number of unbranched alkanes of at least 4 members (excludes halogenated alkanes) is 1. The average Bonchev–Trinajstić information content (AvgIpc) is 3.64. The van der Waals surface area contributed by atoms with Gasteiger partial charge in [0.05, 0.1) is 6.42 Å². The SMILES string of the molecule is Cc1cccc2oc(Nc3ccc(CC(=O)N[C@H](CCCCNC(=O)/C=C/C4=CC=CNC4)C(=O)N[C@H](CCCC(=O)O)C(=O)NC4(C(N)=O)CCCCC4)cc3)nc12. The Kier molecular flexibility index (Phi) is 15.8. The number of dihydropyridines is 1. The van der Waals surface area contributed by atoms with Gasteiger partial charge in [-0.3, -0.25) is 28.8 Å². The molecule has 2 aliphatic rings. The number of aromatic nitrogens is 1. The quantitative estimate of drug-likeness (QED) is 0.0568. The fraction of sp³-hybridized carbons (Fsp3) is 0.419. The van der Waals surface area contributed by atoms with Gasteiger partial charge in [0, 0.05) is 31.3 Å². The summed E-state index contributed by atoms with van der Waals surface area (Å²) in [7, 11) is 0. The van der Waals surface area contributed by atoms with Crippen molar-refractivity contribution in [3.63, 3.8) is 0 Å². The molecule has 5 rings (SSSR count). The minimum absolute atomic E-state index is 0.0221. The number of nitrogens with zero attached hydrogens (tertiary/aromatic N) is 1. The monoisotopic (exact) mass is 810 g/mol. The highest BCUT2D eigenvalue weighted by molar-refractivity contribution is 5.95. The van der Waals surface area contributed by atoms with Crippen molar-refractivity contribution >= 4 is 58.3 Å². The van der Waals surface area contributed by atoms with Crippen LogP contribution in [0.2, 0.25) is 0 Å². The van der Waals surface area contributed by atoms with Crippen LogP contribution in [0.1, 0.15) is 81.8 Å². The lowest BCUT2D eigenvalue weighted by atomic mass is 9.80. The largest absolute Gasteiger partial charge is 0.481 e. The van der Waals surface area contributed by atoms with Gasteiger partial charge in [0.1, 0.15) is 23.1 Å². The normalized spacial score (nSPS) is 15.6. The van der Waals surface area contributed by atoms with Crippen molar-refractivity contribution in [1.82, 2.24) is 31.6 Å². The molecule has 0 bridgehead atoms. The van der Waals surface area contributed by atoms with Gasteiger partial charge in [0.15, 0.2) is 5.58 Å². The molecule has 0 radical (unpaired) electrons. The van der Waals surface area contributed by atoms with Crippen molar-refractivity contribution in [2.75, 3.05) is 18.4 Å². The Balaban J connectivity index is 1.23. The summed E-state index contributed by atoms with van der Waals surface area (Å²) in [6.07, 6.45) is 12.6. The second-order valence-electron chi connectivity index (χ2n) is 15.0. The van der Waals surface area contributed by atoms with Crippen molar-refractivity contribution < 1.29 is 38.3 Å². The third kappa shape index (κ3) is 13.3. The number of oxazole rings is 1. The lowest BCUT2D eigenvalue weighted by Crippen LogP contribution is -2.62. The van der Waals surface area contributed by atoms with Gasteiger partial charge < -0.3 is 47.2 Å². The van der Waals surface area contributed by atoms with Crippen LogP contribution in [0.25, 0.3) is 11.1 Å². The van der Waals surface area contributed by atoms with Crippen molar-refractivity contribution in [1.29, 1.82) is 0 Å². The number of carbonyl (C=O) groups excluding carboxylic acids is 5. The number of aryl methyl sites for hydroxylation is 1. The van der Waals surface area contributed by atoms with Crippen LogP contribution < -0.4 is 37.6 Å². The van der Waals surface area contributed by atoms with Crippen molar-refractivity contribution in [3.8, 4) is 0 Å². The number of carboxylic acids is 1. The standard InChI is InChI=1S/C43H54N8O8/c1-28-10-7-14-34-38(28)50-42(59-34)47-31-19-16-29(17-20-31)26-36(53)48-32(12-3-6-25-46-35(52)21-18-30-11-9-24-45-27-30)39(56)49-33(13-8-15-37(54)55)40(57)51-43(41(44)58)22-4-2-5-23-43/h7,9-11,14,16-21,24,32-33,45H,2-6,8,12-13,15,22-23,25-27H2,1H3,(H2,44,58)(H,46,52)(H,47,50)(H,48,53)(H,49,56)(H,51,57)(H,54,55)/b21-18+/t32-,33-/m1/s1. The first-order valence-corrected chi connectivity index (χ1v) is 20.1. The molecule has 2 atom stereocenters. The van der Waals surface area contributed by atoms with Crippen LogP contribution in [0.5, 0.6) is 0 Å². The third-order valence-corrected chi connectivity index (χ3v) is 10.4. The maximum absolute atomic E-state index is 13.9. The Morgan fingerprint density at radius 3 is 2.39 bits per heavy atom. The molecule has 1 aromatic heterocycles. The van der Waals surface area contributed by atoms with Gasteiger partial charge in [-0.05, 0) is 99.0 Å². The van der Waals surface area contributed by atoms with E-state index in [-0.39, 0.29) is 38.0 Å². The Labute approximate surface area is 342 Å². The fourth-order valence-corrected chi connectivity index (χ4v) is 7.10. The molecule has 59 heavy (non-hydrogen) atoms. The van der Waals surface area contributed by atoms with Gasteiger partial charge >= 0.3 is 5.97 Å². The Bertz CT molecular complexity index is 2070. The van der Waals surface area contributed by atoms with E-state index in [2.05, 4.69) is 36.9 Å². The zero-order chi connectivity index (χ0) is 42.2. The molecule has 1 aliphatic heterocycles. The highest BCUT2D eigenvalue weighted by atomic mass is 16.4. The van der Waals surface area contributed by atoms with Gasteiger partial charge in [-0.2, -0.15) is 4.98 Å².